The molecule has 0 aliphatic rings. The molecular weight excluding hydrogens is 310 g/mol. The summed E-state index contributed by atoms with van der Waals surface area (Å²) in [5.41, 5.74) is 7.37. The highest BCUT2D eigenvalue weighted by atomic mass is 35.5. The maximum absolute atomic E-state index is 12.5. The number of hydrogen-bond donors (Lipinski definition) is 3. The molecule has 1 aromatic heterocycles. The summed E-state index contributed by atoms with van der Waals surface area (Å²) in [6, 6.07) is 11.5. The Morgan fingerprint density at radius 2 is 1.81 bits per heavy atom. The first-order valence-electron chi connectivity index (χ1n) is 6.11. The number of nitrogens with two attached hydrogens (primary N) is 1. The van der Waals surface area contributed by atoms with Gasteiger partial charge in [-0.15, -0.1) is 0 Å². The van der Waals surface area contributed by atoms with Crippen molar-refractivity contribution in [2.45, 2.75) is 4.90 Å². The van der Waals surface area contributed by atoms with Crippen molar-refractivity contribution in [3.05, 3.63) is 53.7 Å². The van der Waals surface area contributed by atoms with E-state index in [4.69, 9.17) is 17.3 Å². The highest BCUT2D eigenvalue weighted by molar-refractivity contribution is 7.93. The Hall–Kier alpha value is -2.18. The Kier molecular flexibility index (Phi) is 3.27. The molecular formula is C14H12ClN3O2S. The summed E-state index contributed by atoms with van der Waals surface area (Å²) < 4.78 is 27.4. The number of halogens is 1. The van der Waals surface area contributed by atoms with E-state index in [-0.39, 0.29) is 4.90 Å². The van der Waals surface area contributed by atoms with Crippen LogP contribution in [0.2, 0.25) is 5.02 Å². The van der Waals surface area contributed by atoms with Gasteiger partial charge in [0.1, 0.15) is 4.90 Å². The Balaban J connectivity index is 2.02. The minimum absolute atomic E-state index is 0.174. The van der Waals surface area contributed by atoms with Crippen molar-refractivity contribution in [3.8, 4) is 0 Å². The minimum atomic E-state index is -3.69. The van der Waals surface area contributed by atoms with Crippen LogP contribution in [0.3, 0.4) is 0 Å². The quantitative estimate of drug-likeness (QED) is 0.647. The Morgan fingerprint density at radius 1 is 1.10 bits per heavy atom. The molecule has 0 atom stereocenters. The predicted octanol–water partition coefficient (Wildman–Crippen LogP) is 3.20. The van der Waals surface area contributed by atoms with Crippen LogP contribution in [0.5, 0.6) is 0 Å². The third-order valence-corrected chi connectivity index (χ3v) is 4.73. The lowest BCUT2D eigenvalue weighted by molar-refractivity contribution is 0.602. The van der Waals surface area contributed by atoms with Crippen molar-refractivity contribution in [1.29, 1.82) is 0 Å². The number of aromatic amines is 1. The van der Waals surface area contributed by atoms with E-state index in [0.717, 1.165) is 0 Å². The van der Waals surface area contributed by atoms with E-state index >= 15 is 0 Å². The normalized spacial score (nSPS) is 11.7. The lowest BCUT2D eigenvalue weighted by Gasteiger charge is -2.07. The van der Waals surface area contributed by atoms with Crippen molar-refractivity contribution in [3.63, 3.8) is 0 Å². The number of sulfonamides is 1. The van der Waals surface area contributed by atoms with E-state index < -0.39 is 10.0 Å². The van der Waals surface area contributed by atoms with Gasteiger partial charge in [0.05, 0.1) is 0 Å². The second kappa shape index (κ2) is 4.98. The van der Waals surface area contributed by atoms with Crippen molar-refractivity contribution < 1.29 is 8.42 Å². The lowest BCUT2D eigenvalue weighted by Crippen LogP contribution is -2.12. The average Bonchev–Trinajstić information content (AvgIpc) is 2.85. The van der Waals surface area contributed by atoms with Gasteiger partial charge in [-0.1, -0.05) is 11.6 Å². The maximum atomic E-state index is 12.5. The lowest BCUT2D eigenvalue weighted by atomic mass is 10.2. The van der Waals surface area contributed by atoms with Gasteiger partial charge in [0, 0.05) is 33.5 Å². The molecule has 2 aromatic carbocycles. The predicted molar refractivity (Wildman–Crippen MR) is 85.0 cm³/mol. The zero-order chi connectivity index (χ0) is 15.0. The number of rotatable bonds is 3. The fourth-order valence-electron chi connectivity index (χ4n) is 2.07. The van der Waals surface area contributed by atoms with Gasteiger partial charge in [-0.3, -0.25) is 4.72 Å². The summed E-state index contributed by atoms with van der Waals surface area (Å²) in [7, 11) is -3.69. The van der Waals surface area contributed by atoms with Crippen LogP contribution in [-0.4, -0.2) is 13.4 Å². The van der Waals surface area contributed by atoms with Gasteiger partial charge in [-0.05, 0) is 42.5 Å². The molecule has 0 bridgehead atoms. The molecule has 0 amide bonds. The SMILES string of the molecule is Nc1ccc2c(S(=O)(=O)Nc3ccc(Cl)cc3)c[nH]c2c1. The van der Waals surface area contributed by atoms with Crippen LogP contribution in [-0.2, 0) is 10.0 Å². The molecule has 3 aromatic rings. The Labute approximate surface area is 126 Å². The molecule has 4 N–H and O–H groups in total. The molecule has 0 saturated heterocycles. The van der Waals surface area contributed by atoms with Crippen LogP contribution < -0.4 is 10.5 Å². The summed E-state index contributed by atoms with van der Waals surface area (Å²) in [6.45, 7) is 0. The summed E-state index contributed by atoms with van der Waals surface area (Å²) in [5.74, 6) is 0. The number of anilines is 2. The first-order chi connectivity index (χ1) is 9.95. The van der Waals surface area contributed by atoms with Gasteiger partial charge in [0.2, 0.25) is 0 Å². The fraction of sp³-hybridized carbons (Fsp3) is 0. The molecule has 7 heteroatoms. The molecule has 0 spiro atoms. The molecule has 108 valence electrons. The molecule has 0 saturated carbocycles. The molecule has 21 heavy (non-hydrogen) atoms. The maximum Gasteiger partial charge on any atom is 0.264 e. The summed E-state index contributed by atoms with van der Waals surface area (Å²) in [4.78, 5) is 3.08. The molecule has 0 aliphatic heterocycles. The van der Waals surface area contributed by atoms with E-state index in [1.807, 2.05) is 0 Å². The Morgan fingerprint density at radius 3 is 2.52 bits per heavy atom. The summed E-state index contributed by atoms with van der Waals surface area (Å²) in [5, 5.41) is 1.13. The first-order valence-corrected chi connectivity index (χ1v) is 7.97. The van der Waals surface area contributed by atoms with Gasteiger partial charge >= 0.3 is 0 Å². The summed E-state index contributed by atoms with van der Waals surface area (Å²) >= 11 is 5.78. The van der Waals surface area contributed by atoms with Gasteiger partial charge in [0.15, 0.2) is 0 Å². The topological polar surface area (TPSA) is 88.0 Å². The Bertz CT molecular complexity index is 902. The minimum Gasteiger partial charge on any atom is -0.399 e. The number of nitrogens with one attached hydrogen (secondary N) is 2. The highest BCUT2D eigenvalue weighted by Gasteiger charge is 2.19. The van der Waals surface area contributed by atoms with E-state index in [1.54, 1.807) is 42.5 Å². The third-order valence-electron chi connectivity index (χ3n) is 3.05. The molecule has 0 unspecified atom stereocenters. The van der Waals surface area contributed by atoms with Crippen molar-refractivity contribution >= 4 is 43.9 Å². The standard InChI is InChI=1S/C14H12ClN3O2S/c15-9-1-4-11(5-2-9)18-21(19,20)14-8-17-13-7-10(16)3-6-12(13)14/h1-8,17-18H,16H2. The van der Waals surface area contributed by atoms with Crippen LogP contribution in [0.15, 0.2) is 53.6 Å². The van der Waals surface area contributed by atoms with Gasteiger partial charge < -0.3 is 10.7 Å². The third kappa shape index (κ3) is 2.68. The van der Waals surface area contributed by atoms with Crippen LogP contribution in [0.4, 0.5) is 11.4 Å². The number of aromatic nitrogens is 1. The van der Waals surface area contributed by atoms with Crippen molar-refractivity contribution in [2.24, 2.45) is 0 Å². The van der Waals surface area contributed by atoms with E-state index in [2.05, 4.69) is 9.71 Å². The van der Waals surface area contributed by atoms with Crippen LogP contribution >= 0.6 is 11.6 Å². The molecule has 1 heterocycles. The number of hydrogen-bond acceptors (Lipinski definition) is 3. The zero-order valence-electron chi connectivity index (χ0n) is 10.8. The van der Waals surface area contributed by atoms with Crippen LogP contribution in [0.1, 0.15) is 0 Å². The van der Waals surface area contributed by atoms with Crippen molar-refractivity contribution in [1.82, 2.24) is 4.98 Å². The monoisotopic (exact) mass is 321 g/mol. The molecule has 0 radical (unpaired) electrons. The van der Waals surface area contributed by atoms with E-state index in [0.29, 0.717) is 27.3 Å². The zero-order valence-corrected chi connectivity index (χ0v) is 12.4. The molecule has 0 fully saturated rings. The van der Waals surface area contributed by atoms with Gasteiger partial charge in [-0.2, -0.15) is 0 Å². The number of fused-ring (bicyclic) bond motifs is 1. The number of benzene rings is 2. The fourth-order valence-corrected chi connectivity index (χ4v) is 3.43. The van der Waals surface area contributed by atoms with E-state index in [9.17, 15) is 8.42 Å². The number of H-pyrrole nitrogens is 1. The largest absolute Gasteiger partial charge is 0.399 e. The molecule has 0 aliphatic carbocycles. The van der Waals surface area contributed by atoms with Gasteiger partial charge in [0.25, 0.3) is 10.0 Å². The highest BCUT2D eigenvalue weighted by Crippen LogP contribution is 2.26. The van der Waals surface area contributed by atoms with Crippen LogP contribution in [0.25, 0.3) is 10.9 Å². The molecule has 3 rings (SSSR count). The first kappa shape index (κ1) is 13.8. The molecule has 5 nitrogen and oxygen atoms in total. The van der Waals surface area contributed by atoms with Crippen LogP contribution in [0, 0.1) is 0 Å². The van der Waals surface area contributed by atoms with Crippen molar-refractivity contribution in [2.75, 3.05) is 10.5 Å². The van der Waals surface area contributed by atoms with Gasteiger partial charge in [-0.25, -0.2) is 8.42 Å². The smallest absolute Gasteiger partial charge is 0.264 e. The number of nitrogen functional groups attached to an aromatic ring is 1. The second-order valence-corrected chi connectivity index (χ2v) is 6.66. The van der Waals surface area contributed by atoms with E-state index in [1.165, 1.54) is 6.20 Å². The summed E-state index contributed by atoms with van der Waals surface area (Å²) in [6.07, 6.45) is 1.45. The average molecular weight is 322 g/mol. The second-order valence-electron chi connectivity index (χ2n) is 4.57.